The Bertz CT molecular complexity index is 1790. The Labute approximate surface area is 366 Å². The zero-order valence-corrected chi connectivity index (χ0v) is 38.9. The number of rotatable bonds is 10. The molecule has 0 spiro atoms. The highest BCUT2D eigenvalue weighted by atomic mass is 32.1. The molecule has 61 heavy (non-hydrogen) atoms. The second-order valence-corrected chi connectivity index (χ2v) is 19.3. The molecule has 13 atom stereocenters. The van der Waals surface area contributed by atoms with Crippen molar-refractivity contribution in [3.8, 4) is 10.6 Å². The summed E-state index contributed by atoms with van der Waals surface area (Å²) in [6.07, 6.45) is -3.17. The number of fused-ring (bicyclic) bond motifs is 15. The maximum Gasteiger partial charge on any atom is 0.316 e. The van der Waals surface area contributed by atoms with E-state index < -0.39 is 65.5 Å². The van der Waals surface area contributed by atoms with E-state index in [-0.39, 0.29) is 50.3 Å². The lowest BCUT2D eigenvalue weighted by Gasteiger charge is -2.48. The molecule has 0 saturated carbocycles. The topological polar surface area (TPSA) is 188 Å². The van der Waals surface area contributed by atoms with Crippen LogP contribution in [0.15, 0.2) is 35.5 Å². The number of aromatic nitrogens is 1. The first kappa shape index (κ1) is 49.0. The molecule has 4 fully saturated rings. The van der Waals surface area contributed by atoms with Crippen LogP contribution >= 0.6 is 11.3 Å². The first-order valence-electron chi connectivity index (χ1n) is 21.9. The van der Waals surface area contributed by atoms with Crippen LogP contribution in [0.5, 0.6) is 0 Å². The van der Waals surface area contributed by atoms with Crippen LogP contribution in [-0.2, 0) is 44.7 Å². The Morgan fingerprint density at radius 1 is 1.08 bits per heavy atom. The van der Waals surface area contributed by atoms with E-state index in [1.54, 1.807) is 19.9 Å². The Morgan fingerprint density at radius 2 is 1.82 bits per heavy atom. The number of pyridine rings is 1. The number of carbonyl (C=O) groups excluding carboxylic acids is 2. The van der Waals surface area contributed by atoms with Crippen LogP contribution in [0.3, 0.4) is 0 Å². The molecule has 2 aromatic rings. The van der Waals surface area contributed by atoms with Gasteiger partial charge in [0.2, 0.25) is 0 Å². The highest BCUT2D eigenvalue weighted by Gasteiger charge is 2.52. The van der Waals surface area contributed by atoms with Gasteiger partial charge in [-0.25, -0.2) is 4.98 Å². The number of thiophene rings is 1. The van der Waals surface area contributed by atoms with Crippen molar-refractivity contribution in [3.05, 3.63) is 35.2 Å². The number of nitrogens with two attached hydrogens (primary N) is 1. The summed E-state index contributed by atoms with van der Waals surface area (Å²) in [7, 11) is 3.80. The second kappa shape index (κ2) is 21.1. The molecule has 2 bridgehead atoms. The Hall–Kier alpha value is -3.06. The van der Waals surface area contributed by atoms with E-state index >= 15 is 0 Å². The molecule has 4 saturated heterocycles. The number of carbonyl (C=O) groups is 2. The van der Waals surface area contributed by atoms with Crippen LogP contribution in [0.2, 0.25) is 0 Å². The highest BCUT2D eigenvalue weighted by molar-refractivity contribution is 7.15. The van der Waals surface area contributed by atoms with Crippen LogP contribution in [-0.4, -0.2) is 143 Å². The van der Waals surface area contributed by atoms with Gasteiger partial charge in [0, 0.05) is 29.4 Å². The number of Topliss-reactive ketones (excluding diaryl/α,β-unsaturated/α-hetero) is 1. The number of hydrogen-bond donors (Lipinski definition) is 3. The summed E-state index contributed by atoms with van der Waals surface area (Å²) in [6.45, 7) is 18.1. The Balaban J connectivity index is 1.61. The van der Waals surface area contributed by atoms with Gasteiger partial charge in [0.15, 0.2) is 18.7 Å². The minimum atomic E-state index is -1.67. The smallest absolute Gasteiger partial charge is 0.316 e. The first-order chi connectivity index (χ1) is 28.8. The number of nitrogen functional groups attached to an aromatic ring is 1. The number of aliphatic hydroxyl groups is 2. The number of esters is 1. The molecule has 0 radical (unpaired) electrons. The van der Waals surface area contributed by atoms with Crippen LogP contribution in [0, 0.1) is 17.8 Å². The quantitative estimate of drug-likeness (QED) is 0.159. The summed E-state index contributed by atoms with van der Waals surface area (Å²) < 4.78 is 33.0. The van der Waals surface area contributed by atoms with Crippen molar-refractivity contribution < 1.29 is 48.3 Å². The van der Waals surface area contributed by atoms with Crippen LogP contribution in [0.1, 0.15) is 92.9 Å². The maximum absolute atomic E-state index is 14.6. The van der Waals surface area contributed by atoms with Gasteiger partial charge in [0.1, 0.15) is 35.3 Å². The molecule has 6 rings (SSSR count). The third-order valence-electron chi connectivity index (χ3n) is 12.7. The number of ketones is 1. The lowest BCUT2D eigenvalue weighted by molar-refractivity contribution is -0.296. The third-order valence-corrected chi connectivity index (χ3v) is 13.7. The van der Waals surface area contributed by atoms with Crippen molar-refractivity contribution in [2.45, 2.75) is 155 Å². The molecule has 0 aliphatic carbocycles. The van der Waals surface area contributed by atoms with Gasteiger partial charge < -0.3 is 54.3 Å². The molecule has 2 aromatic heterocycles. The molecular weight excluding hydrogens is 803 g/mol. The molecule has 6 heterocycles. The number of hydrogen-bond acceptors (Lipinski definition) is 16. The summed E-state index contributed by atoms with van der Waals surface area (Å²) in [5.74, 6) is -3.16. The summed E-state index contributed by atoms with van der Waals surface area (Å²) in [5, 5.41) is 28.8. The Kier molecular flexibility index (Phi) is 16.9. The average molecular weight is 874 g/mol. The minimum Gasteiger partial charge on any atom is -0.459 e. The SMILES string of the molecule is CCCN1C[C@H](C)[C@H]2OCC(=NOCc3ccc(-c4cccc(N)n4)s3)CO[C@](C)(C[C@H]1C)[C@H](O[C@@H]1O[C@H](C)C[C@H](N(C)C)[C@H]1O)[C@@H](C)C(=O)[C@@H](C)C(=O)O[C@H](CC)[C@@]2(C)O. The number of anilines is 1. The van der Waals surface area contributed by atoms with E-state index in [9.17, 15) is 19.8 Å². The van der Waals surface area contributed by atoms with Gasteiger partial charge in [-0.05, 0) is 111 Å². The summed E-state index contributed by atoms with van der Waals surface area (Å²) in [4.78, 5) is 45.1. The number of ether oxygens (including phenoxy) is 5. The van der Waals surface area contributed by atoms with Gasteiger partial charge in [0.05, 0.1) is 47.7 Å². The Morgan fingerprint density at radius 3 is 2.49 bits per heavy atom. The fourth-order valence-electron chi connectivity index (χ4n) is 9.31. The molecule has 4 aliphatic rings. The number of nitrogens with zero attached hydrogens (tertiary/aromatic N) is 4. The van der Waals surface area contributed by atoms with Crippen molar-refractivity contribution in [2.75, 3.05) is 46.1 Å². The van der Waals surface area contributed by atoms with E-state index in [1.165, 1.54) is 18.3 Å². The van der Waals surface area contributed by atoms with Crippen molar-refractivity contribution >= 4 is 34.6 Å². The average Bonchev–Trinajstić information content (AvgIpc) is 3.68. The minimum absolute atomic E-state index is 0.0826. The molecule has 0 amide bonds. The van der Waals surface area contributed by atoms with Crippen molar-refractivity contribution in [3.63, 3.8) is 0 Å². The molecule has 342 valence electrons. The van der Waals surface area contributed by atoms with Crippen LogP contribution in [0.25, 0.3) is 10.6 Å². The van der Waals surface area contributed by atoms with Crippen molar-refractivity contribution in [1.29, 1.82) is 0 Å². The van der Waals surface area contributed by atoms with E-state index in [2.05, 4.69) is 28.9 Å². The fraction of sp³-hybridized carbons (Fsp3) is 0.733. The highest BCUT2D eigenvalue weighted by Crippen LogP contribution is 2.38. The summed E-state index contributed by atoms with van der Waals surface area (Å²) in [5.41, 5.74) is 4.19. The monoisotopic (exact) mass is 873 g/mol. The zero-order valence-electron chi connectivity index (χ0n) is 38.0. The zero-order chi connectivity index (χ0) is 44.8. The number of oxime groups is 1. The summed E-state index contributed by atoms with van der Waals surface area (Å²) in [6, 6.07) is 9.02. The molecule has 4 aliphatic heterocycles. The van der Waals surface area contributed by atoms with Gasteiger partial charge in [0.25, 0.3) is 0 Å². The largest absolute Gasteiger partial charge is 0.459 e. The van der Waals surface area contributed by atoms with Gasteiger partial charge in [-0.1, -0.05) is 38.9 Å². The van der Waals surface area contributed by atoms with Gasteiger partial charge >= 0.3 is 5.97 Å². The normalized spacial score (nSPS) is 37.1. The maximum atomic E-state index is 14.6. The van der Waals surface area contributed by atoms with Crippen LogP contribution < -0.4 is 5.73 Å². The number of likely N-dealkylation sites (N-methyl/N-ethyl adjacent to an activating group) is 1. The van der Waals surface area contributed by atoms with E-state index in [0.29, 0.717) is 30.9 Å². The predicted octanol–water partition coefficient (Wildman–Crippen LogP) is 5.30. The van der Waals surface area contributed by atoms with E-state index in [0.717, 1.165) is 28.4 Å². The van der Waals surface area contributed by atoms with Crippen molar-refractivity contribution in [1.82, 2.24) is 14.8 Å². The first-order valence-corrected chi connectivity index (χ1v) is 22.7. The van der Waals surface area contributed by atoms with Crippen molar-refractivity contribution in [2.24, 2.45) is 22.9 Å². The lowest BCUT2D eigenvalue weighted by atomic mass is 9.79. The van der Waals surface area contributed by atoms with Gasteiger partial charge in [-0.15, -0.1) is 11.3 Å². The summed E-state index contributed by atoms with van der Waals surface area (Å²) >= 11 is 1.51. The second-order valence-electron chi connectivity index (χ2n) is 18.1. The van der Waals surface area contributed by atoms with Gasteiger partial charge in [-0.2, -0.15) is 0 Å². The molecular formula is C45H71N5O10S. The van der Waals surface area contributed by atoms with Crippen LogP contribution in [0.4, 0.5) is 5.82 Å². The molecule has 4 N–H and O–H groups in total. The molecule has 15 nitrogen and oxygen atoms in total. The fourth-order valence-corrected chi connectivity index (χ4v) is 10.2. The van der Waals surface area contributed by atoms with E-state index in [1.807, 2.05) is 71.0 Å². The molecule has 0 aromatic carbocycles. The lowest BCUT2D eigenvalue weighted by Crippen LogP contribution is -2.60. The predicted molar refractivity (Wildman–Crippen MR) is 235 cm³/mol. The van der Waals surface area contributed by atoms with E-state index in [4.69, 9.17) is 34.3 Å². The standard InChI is InChI=1S/C45H71N5O10S/c1-12-19-50-22-26(3)40-45(9,54)36(13-2)59-42(53)30(7)38(51)29(6)41(60-43-39(52)34(49(10)11)20-28(5)58-43)44(8,21-27(50)4)56-24-31(23-55-40)48-57-25-32-17-18-35(61-32)33-15-14-16-37(46)47-33/h14-18,26-30,34,36,39-41,43,52,54H,12-13,19-25H2,1-11H3,(H2,46,47)/t26-,27+,28+,29-,30+,34-,36+,39+,40+,41+,43-,44+,45+/m0/s1. The number of aliphatic hydroxyl groups excluding tert-OH is 1. The van der Waals surface area contributed by atoms with Gasteiger partial charge in [-0.3, -0.25) is 9.59 Å². The molecule has 16 heteroatoms. The third kappa shape index (κ3) is 11.8. The molecule has 0 unspecified atom stereocenters.